The van der Waals surface area contributed by atoms with Crippen LogP contribution in [0.1, 0.15) is 11.4 Å². The Morgan fingerprint density at radius 1 is 1.12 bits per heavy atom. The Morgan fingerprint density at radius 2 is 1.94 bits per heavy atom. The first-order valence-corrected chi connectivity index (χ1v) is 5.22. The molecule has 3 rings (SSSR count). The van der Waals surface area contributed by atoms with E-state index in [-0.39, 0.29) is 0 Å². The second-order valence-corrected chi connectivity index (χ2v) is 3.89. The summed E-state index contributed by atoms with van der Waals surface area (Å²) < 4.78 is 1.96. The molecule has 0 amide bonds. The highest BCUT2D eigenvalue weighted by molar-refractivity contribution is 5.74. The lowest BCUT2D eigenvalue weighted by Gasteiger charge is -2.05. The Bertz CT molecular complexity index is 648. The molecule has 0 saturated carbocycles. The number of imidazole rings is 1. The zero-order valence-electron chi connectivity index (χ0n) is 9.25. The molecule has 2 aromatic heterocycles. The molecular weight excluding hydrogens is 200 g/mol. The fourth-order valence-corrected chi connectivity index (χ4v) is 1.93. The van der Waals surface area contributed by atoms with Gasteiger partial charge in [-0.25, -0.2) is 9.66 Å². The van der Waals surface area contributed by atoms with E-state index < -0.39 is 0 Å². The van der Waals surface area contributed by atoms with E-state index in [0.717, 1.165) is 22.4 Å². The van der Waals surface area contributed by atoms with E-state index in [1.807, 2.05) is 47.6 Å². The Morgan fingerprint density at radius 3 is 2.69 bits per heavy atom. The molecule has 2 heterocycles. The molecule has 0 radical (unpaired) electrons. The quantitative estimate of drug-likeness (QED) is 0.619. The van der Waals surface area contributed by atoms with Gasteiger partial charge in [0.2, 0.25) is 0 Å². The predicted octanol–water partition coefficient (Wildman–Crippen LogP) is 2.16. The molecule has 3 aromatic rings. The monoisotopic (exact) mass is 212 g/mol. The lowest BCUT2D eigenvalue weighted by molar-refractivity contribution is 0.569. The maximum atomic E-state index is 4.44. The first-order valence-electron chi connectivity index (χ1n) is 5.22. The Kier molecular flexibility index (Phi) is 1.83. The van der Waals surface area contributed by atoms with Gasteiger partial charge in [0.05, 0.1) is 22.4 Å². The lowest BCUT2D eigenvalue weighted by Crippen LogP contribution is -2.11. The second-order valence-electron chi connectivity index (χ2n) is 3.89. The summed E-state index contributed by atoms with van der Waals surface area (Å²) in [6.45, 7) is 4.03. The van der Waals surface area contributed by atoms with Crippen molar-refractivity contribution in [3.8, 4) is 0 Å². The summed E-state index contributed by atoms with van der Waals surface area (Å²) in [6.07, 6.45) is 1.80. The Labute approximate surface area is 93.1 Å². The van der Waals surface area contributed by atoms with Gasteiger partial charge in [0.1, 0.15) is 6.33 Å². The van der Waals surface area contributed by atoms with Gasteiger partial charge < -0.3 is 0 Å². The Balaban J connectivity index is 2.30. The SMILES string of the molecule is Cc1cc(C)n(-n2cnc3ccccc32)n1. The summed E-state index contributed by atoms with van der Waals surface area (Å²) in [5.74, 6) is 0. The van der Waals surface area contributed by atoms with Crippen molar-refractivity contribution in [2.24, 2.45) is 0 Å². The number of nitrogens with zero attached hydrogens (tertiary/aromatic N) is 4. The molecule has 4 heteroatoms. The van der Waals surface area contributed by atoms with Gasteiger partial charge >= 0.3 is 0 Å². The van der Waals surface area contributed by atoms with E-state index in [1.165, 1.54) is 0 Å². The van der Waals surface area contributed by atoms with Crippen molar-refractivity contribution in [2.75, 3.05) is 0 Å². The minimum absolute atomic E-state index is 0.982. The summed E-state index contributed by atoms with van der Waals surface area (Å²) >= 11 is 0. The smallest absolute Gasteiger partial charge is 0.118 e. The first-order chi connectivity index (χ1) is 7.75. The highest BCUT2D eigenvalue weighted by Crippen LogP contribution is 2.13. The molecule has 80 valence electrons. The van der Waals surface area contributed by atoms with E-state index in [1.54, 1.807) is 6.33 Å². The molecule has 0 N–H and O–H groups in total. The van der Waals surface area contributed by atoms with Crippen molar-refractivity contribution in [1.82, 2.24) is 19.5 Å². The molecule has 0 bridgehead atoms. The first kappa shape index (κ1) is 9.15. The van der Waals surface area contributed by atoms with E-state index in [9.17, 15) is 0 Å². The molecule has 4 nitrogen and oxygen atoms in total. The van der Waals surface area contributed by atoms with Crippen LogP contribution in [-0.4, -0.2) is 19.5 Å². The zero-order chi connectivity index (χ0) is 11.1. The predicted molar refractivity (Wildman–Crippen MR) is 62.2 cm³/mol. The van der Waals surface area contributed by atoms with Crippen LogP contribution in [0.3, 0.4) is 0 Å². The molecule has 0 saturated heterocycles. The van der Waals surface area contributed by atoms with Gasteiger partial charge in [0.15, 0.2) is 0 Å². The molecule has 16 heavy (non-hydrogen) atoms. The lowest BCUT2D eigenvalue weighted by atomic mass is 10.3. The Hall–Kier alpha value is -2.10. The van der Waals surface area contributed by atoms with Crippen molar-refractivity contribution in [3.63, 3.8) is 0 Å². The van der Waals surface area contributed by atoms with Crippen molar-refractivity contribution < 1.29 is 0 Å². The number of hydrogen-bond acceptors (Lipinski definition) is 2. The standard InChI is InChI=1S/C12H12N4/c1-9-7-10(2)16(14-9)15-8-13-11-5-3-4-6-12(11)15/h3-8H,1-2H3. The third kappa shape index (κ3) is 1.23. The molecule has 1 aromatic carbocycles. The van der Waals surface area contributed by atoms with Crippen LogP contribution in [0.5, 0.6) is 0 Å². The molecule has 0 spiro atoms. The van der Waals surface area contributed by atoms with Crippen molar-refractivity contribution >= 4 is 11.0 Å². The highest BCUT2D eigenvalue weighted by atomic mass is 15.6. The number of aryl methyl sites for hydroxylation is 2. The third-order valence-corrected chi connectivity index (χ3v) is 2.62. The van der Waals surface area contributed by atoms with E-state index in [4.69, 9.17) is 0 Å². The summed E-state index contributed by atoms with van der Waals surface area (Å²) in [7, 11) is 0. The summed E-state index contributed by atoms with van der Waals surface area (Å²) in [5.41, 5.74) is 4.15. The van der Waals surface area contributed by atoms with Gasteiger partial charge in [0, 0.05) is 0 Å². The van der Waals surface area contributed by atoms with Gasteiger partial charge in [-0.2, -0.15) is 9.89 Å². The second kappa shape index (κ2) is 3.20. The summed E-state index contributed by atoms with van der Waals surface area (Å²) in [4.78, 5) is 6.21. The van der Waals surface area contributed by atoms with Crippen LogP contribution in [-0.2, 0) is 0 Å². The fourth-order valence-electron chi connectivity index (χ4n) is 1.93. The van der Waals surface area contributed by atoms with Crippen LogP contribution in [0, 0.1) is 13.8 Å². The molecule has 0 fully saturated rings. The van der Waals surface area contributed by atoms with Crippen molar-refractivity contribution in [3.05, 3.63) is 48.0 Å². The van der Waals surface area contributed by atoms with Crippen LogP contribution >= 0.6 is 0 Å². The zero-order valence-corrected chi connectivity index (χ0v) is 9.25. The van der Waals surface area contributed by atoms with Gasteiger partial charge in [-0.15, -0.1) is 0 Å². The highest BCUT2D eigenvalue weighted by Gasteiger charge is 2.06. The number of aromatic nitrogens is 4. The van der Waals surface area contributed by atoms with Gasteiger partial charge in [0.25, 0.3) is 0 Å². The van der Waals surface area contributed by atoms with Gasteiger partial charge in [-0.1, -0.05) is 12.1 Å². The summed E-state index contributed by atoms with van der Waals surface area (Å²) in [6, 6.07) is 10.1. The largest absolute Gasteiger partial charge is 0.235 e. The maximum Gasteiger partial charge on any atom is 0.118 e. The van der Waals surface area contributed by atoms with E-state index in [2.05, 4.69) is 16.1 Å². The van der Waals surface area contributed by atoms with Crippen LogP contribution in [0.25, 0.3) is 11.0 Å². The van der Waals surface area contributed by atoms with E-state index in [0.29, 0.717) is 0 Å². The number of hydrogen-bond donors (Lipinski definition) is 0. The maximum absolute atomic E-state index is 4.44. The summed E-state index contributed by atoms with van der Waals surface area (Å²) in [5, 5.41) is 4.44. The number of rotatable bonds is 1. The molecular formula is C12H12N4. The third-order valence-electron chi connectivity index (χ3n) is 2.62. The normalized spacial score (nSPS) is 11.1. The number of para-hydroxylation sites is 2. The topological polar surface area (TPSA) is 35.6 Å². The van der Waals surface area contributed by atoms with E-state index >= 15 is 0 Å². The van der Waals surface area contributed by atoms with Gasteiger partial charge in [-0.05, 0) is 32.0 Å². The molecule has 0 aliphatic carbocycles. The molecule has 0 atom stereocenters. The molecule has 0 aliphatic heterocycles. The van der Waals surface area contributed by atoms with Crippen LogP contribution in [0.4, 0.5) is 0 Å². The molecule has 0 aliphatic rings. The van der Waals surface area contributed by atoms with Crippen molar-refractivity contribution in [2.45, 2.75) is 13.8 Å². The van der Waals surface area contributed by atoms with Gasteiger partial charge in [-0.3, -0.25) is 0 Å². The average molecular weight is 212 g/mol. The van der Waals surface area contributed by atoms with Crippen LogP contribution in [0.15, 0.2) is 36.7 Å². The average Bonchev–Trinajstić information content (AvgIpc) is 2.81. The van der Waals surface area contributed by atoms with Crippen LogP contribution < -0.4 is 0 Å². The molecule has 0 unspecified atom stereocenters. The minimum atomic E-state index is 0.982. The van der Waals surface area contributed by atoms with Crippen LogP contribution in [0.2, 0.25) is 0 Å². The number of benzene rings is 1. The van der Waals surface area contributed by atoms with Crippen molar-refractivity contribution in [1.29, 1.82) is 0 Å². The fraction of sp³-hybridized carbons (Fsp3) is 0.167. The minimum Gasteiger partial charge on any atom is -0.235 e. The number of fused-ring (bicyclic) bond motifs is 1.